The molecule has 0 N–H and O–H groups in total. The molecule has 2 amide bonds. The average molecular weight is 1530 g/mol. The molecule has 0 aromatic carbocycles. The Morgan fingerprint density at radius 2 is 0.814 bits per heavy atom. The lowest BCUT2D eigenvalue weighted by Crippen LogP contribution is -2.62. The predicted molar refractivity (Wildman–Crippen MR) is 462 cm³/mol. The Hall–Kier alpha value is -6.04. The van der Waals surface area contributed by atoms with Crippen molar-refractivity contribution >= 4 is 40.2 Å². The fourth-order valence-corrected chi connectivity index (χ4v) is 30.4. The van der Waals surface area contributed by atoms with Crippen LogP contribution in [0, 0.1) is 99.6 Å². The van der Waals surface area contributed by atoms with Crippen molar-refractivity contribution < 1.29 is 14.3 Å². The molecule has 11 heteroatoms. The molecule has 12 fully saturated rings. The zero-order valence-corrected chi connectivity index (χ0v) is 71.6. The number of aromatic nitrogens is 4. The van der Waals surface area contributed by atoms with E-state index in [0.29, 0.717) is 63.3 Å². The molecule has 4 aromatic rings. The summed E-state index contributed by atoms with van der Waals surface area (Å²) in [6.07, 6.45) is 69.4. The molecule has 20 rings (SSSR count). The zero-order valence-electron chi connectivity index (χ0n) is 71.6. The second-order valence-corrected chi connectivity index (χ2v) is 41.4. The zero-order chi connectivity index (χ0) is 78.3. The van der Waals surface area contributed by atoms with Gasteiger partial charge in [-0.3, -0.25) is 39.3 Å². The van der Waals surface area contributed by atoms with E-state index in [1.165, 1.54) is 239 Å². The Morgan fingerprint density at radius 3 is 1.26 bits per heavy atom. The van der Waals surface area contributed by atoms with Gasteiger partial charge in [0.25, 0.3) is 0 Å². The topological polar surface area (TPSA) is 108 Å². The molecule has 11 nitrogen and oxygen atoms in total. The summed E-state index contributed by atoms with van der Waals surface area (Å²) >= 11 is 0. The molecule has 8 aliphatic heterocycles. The summed E-state index contributed by atoms with van der Waals surface area (Å²) in [4.78, 5) is 54.0. The first-order valence-electron chi connectivity index (χ1n) is 46.5. The number of carbonyl (C=O) groups is 2. The van der Waals surface area contributed by atoms with E-state index in [2.05, 4.69) is 182 Å². The molecule has 20 atom stereocenters. The number of fused-ring (bicyclic) bond motifs is 20. The highest BCUT2D eigenvalue weighted by Crippen LogP contribution is 2.69. The Balaban J connectivity index is 0.000000109. The fourth-order valence-electron chi connectivity index (χ4n) is 30.4. The van der Waals surface area contributed by atoms with Gasteiger partial charge in [0.05, 0.1) is 12.8 Å². The number of piperidine rings is 4. The molecular formula is C102H142N8O3. The molecular weight excluding hydrogens is 1390 g/mol. The maximum absolute atomic E-state index is 12.9. The van der Waals surface area contributed by atoms with Crippen LogP contribution in [0.15, 0.2) is 111 Å². The maximum Gasteiger partial charge on any atom is 0.223 e. The predicted octanol–water partition coefficient (Wildman–Crippen LogP) is 23.0. The van der Waals surface area contributed by atoms with Gasteiger partial charge in [-0.25, -0.2) is 0 Å². The van der Waals surface area contributed by atoms with Crippen LogP contribution < -0.4 is 4.74 Å². The van der Waals surface area contributed by atoms with Crippen molar-refractivity contribution in [2.24, 2.45) is 92.7 Å². The van der Waals surface area contributed by atoms with Gasteiger partial charge in [-0.1, -0.05) is 116 Å². The fraction of sp³-hybridized carbons (Fsp3) is 0.686. The summed E-state index contributed by atoms with van der Waals surface area (Å²) < 4.78 is 5.88. The van der Waals surface area contributed by atoms with Gasteiger partial charge in [-0.2, -0.15) is 0 Å². The van der Waals surface area contributed by atoms with Gasteiger partial charge in [0.15, 0.2) is 0 Å². The van der Waals surface area contributed by atoms with Crippen LogP contribution in [0.25, 0.3) is 28.4 Å². The Morgan fingerprint density at radius 1 is 0.416 bits per heavy atom. The molecule has 608 valence electrons. The summed E-state index contributed by atoms with van der Waals surface area (Å²) in [6, 6.07) is 11.2. The summed E-state index contributed by atoms with van der Waals surface area (Å²) in [5.74, 6) is 11.2. The van der Waals surface area contributed by atoms with Crippen molar-refractivity contribution in [2.45, 2.75) is 303 Å². The minimum absolute atomic E-state index is 0.0655. The van der Waals surface area contributed by atoms with Gasteiger partial charge < -0.3 is 14.5 Å². The van der Waals surface area contributed by atoms with Gasteiger partial charge in [0.1, 0.15) is 5.75 Å². The standard InChI is InChI=1S/C27H38N2O2.C26H34N2O.C25H36N2.C24H34N2/c1-4-15-31-20-16-19(17-28-18-20)22-8-9-23-21-11-14-29-25(30)7-5-6-12-27(29,3)24(21)10-13-26(22,23)2;1-4-18-15-19(17-27-16-18)21-8-9-22-20-11-14-28-24(29)7-5-6-12-26(28,3)23(20)10-13-25(21,22)2;1-18-15-19(17-26-16-18)21-7-8-22-20-10-14-27-13-6-4-5-11-25(27,3)23(20)9-12-24(21,22)2;1-23-13-10-22-19(11-16-26-15-5-3-4-12-24(22,26)2)21(23)9-8-20(23)18-7-6-14-25-17-18/h8,16-18,21,23-24H,4-7,9-15H2,1-3H3;4,8,15-17,20,22-23H,1,5-7,9-14H2,2-3H3;7,15-17,20,22-23H,4-6,8-14H2,1-3H3;6-8,14,17,19,21-22H,3-5,9-13,15-16H2,1-2H3/t21-,23-,24?,26+,27+;20-,22-,23?,25+,26+;20-,22-,23?,24+,25+;19-,21-,22?,23+,24+/m0000/s1. The minimum Gasteiger partial charge on any atom is -0.492 e. The molecule has 0 radical (unpaired) electrons. The Bertz CT molecular complexity index is 4270. The van der Waals surface area contributed by atoms with Crippen molar-refractivity contribution in [3.8, 4) is 5.75 Å². The lowest BCUT2D eigenvalue weighted by atomic mass is 9.52. The third kappa shape index (κ3) is 13.8. The number of pyridine rings is 4. The molecule has 16 aliphatic rings. The van der Waals surface area contributed by atoms with E-state index in [1.54, 1.807) is 11.1 Å². The van der Waals surface area contributed by atoms with E-state index < -0.39 is 0 Å². The van der Waals surface area contributed by atoms with Crippen molar-refractivity contribution in [2.75, 3.05) is 45.9 Å². The number of aryl methyl sites for hydroxylation is 1. The number of amides is 2. The van der Waals surface area contributed by atoms with Crippen molar-refractivity contribution in [1.29, 1.82) is 0 Å². The molecule has 0 spiro atoms. The second-order valence-electron chi connectivity index (χ2n) is 41.4. The molecule has 4 aromatic heterocycles. The lowest BCUT2D eigenvalue weighted by molar-refractivity contribution is -0.151. The van der Waals surface area contributed by atoms with E-state index >= 15 is 0 Å². The molecule has 4 unspecified atom stereocenters. The van der Waals surface area contributed by atoms with Crippen LogP contribution in [0.1, 0.15) is 308 Å². The first-order valence-corrected chi connectivity index (χ1v) is 46.5. The van der Waals surface area contributed by atoms with E-state index in [1.807, 2.05) is 43.3 Å². The molecule has 113 heavy (non-hydrogen) atoms. The first kappa shape index (κ1) is 79.4. The van der Waals surface area contributed by atoms with Crippen LogP contribution in [0.3, 0.4) is 0 Å². The smallest absolute Gasteiger partial charge is 0.223 e. The second kappa shape index (κ2) is 31.7. The highest BCUT2D eigenvalue weighted by molar-refractivity contribution is 5.80. The Labute approximate surface area is 681 Å². The van der Waals surface area contributed by atoms with E-state index in [0.717, 1.165) is 111 Å². The first-order chi connectivity index (χ1) is 54.6. The summed E-state index contributed by atoms with van der Waals surface area (Å²) in [5.41, 5.74) is 16.1. The number of nitrogens with zero attached hydrogens (tertiary/aromatic N) is 8. The highest BCUT2D eigenvalue weighted by atomic mass is 16.5. The number of carbonyl (C=O) groups excluding carboxylic acids is 2. The van der Waals surface area contributed by atoms with Crippen LogP contribution in [-0.2, 0) is 9.59 Å². The molecule has 8 saturated heterocycles. The van der Waals surface area contributed by atoms with Gasteiger partial charge >= 0.3 is 0 Å². The maximum atomic E-state index is 12.9. The van der Waals surface area contributed by atoms with Crippen molar-refractivity contribution in [3.63, 3.8) is 0 Å². The van der Waals surface area contributed by atoms with Gasteiger partial charge in [0.2, 0.25) is 11.8 Å². The lowest BCUT2D eigenvalue weighted by Gasteiger charge is -2.60. The summed E-state index contributed by atoms with van der Waals surface area (Å²) in [6.45, 7) is 36.5. The van der Waals surface area contributed by atoms with E-state index in [4.69, 9.17) is 4.74 Å². The summed E-state index contributed by atoms with van der Waals surface area (Å²) in [7, 11) is 0. The Kier molecular flexibility index (Phi) is 22.3. The molecule has 12 heterocycles. The molecule has 4 saturated carbocycles. The molecule has 0 bridgehead atoms. The van der Waals surface area contributed by atoms with Gasteiger partial charge in [-0.15, -0.1) is 0 Å². The van der Waals surface area contributed by atoms with Crippen LogP contribution in [0.2, 0.25) is 0 Å². The number of hydrogen-bond acceptors (Lipinski definition) is 9. The number of allylic oxidation sites excluding steroid dienone is 8. The third-order valence-corrected chi connectivity index (χ3v) is 36.2. The van der Waals surface area contributed by atoms with Crippen LogP contribution in [-0.4, -0.2) is 119 Å². The van der Waals surface area contributed by atoms with E-state index in [-0.39, 0.29) is 21.9 Å². The SMILES string of the molecule is C=Cc1cncc(C2=CC[C@H]3[C@@H]4CCN5C(=O)CCCC[C@]5(C)C4CC[C@]23C)c1.CCCOc1cncc(C2=CC[C@H]3[C@@H]4CCN5C(=O)CCCC[C@]5(C)C4CC[C@]23C)c1.C[C@]12CCC3[C@@H](CCN4CCCCC[C@]34C)[C@@H]1CC=C2c1cccnc1.Cc1cncc(C2=CC[C@H]3[C@@H]4CCN5CCCCC[C@]5(C)C4CC[C@]23C)c1. The average Bonchev–Trinajstić information content (AvgIpc) is 1.65. The van der Waals surface area contributed by atoms with Gasteiger partial charge in [-0.05, 0) is 394 Å². The van der Waals surface area contributed by atoms with Crippen molar-refractivity contribution in [1.82, 2.24) is 39.5 Å². The highest BCUT2D eigenvalue weighted by Gasteiger charge is 2.63. The van der Waals surface area contributed by atoms with Gasteiger partial charge in [0, 0.05) is 91.5 Å². The van der Waals surface area contributed by atoms with Crippen LogP contribution >= 0.6 is 0 Å². The number of rotatable bonds is 8. The monoisotopic (exact) mass is 1530 g/mol. The number of ether oxygens (including phenoxy) is 1. The largest absolute Gasteiger partial charge is 0.492 e. The third-order valence-electron chi connectivity index (χ3n) is 36.2. The molecule has 8 aliphatic carbocycles. The van der Waals surface area contributed by atoms with E-state index in [9.17, 15) is 9.59 Å². The summed E-state index contributed by atoms with van der Waals surface area (Å²) in [5, 5.41) is 0. The minimum atomic E-state index is 0.0655. The normalized spacial score (nSPS) is 40.2. The van der Waals surface area contributed by atoms with Crippen LogP contribution in [0.4, 0.5) is 0 Å². The van der Waals surface area contributed by atoms with Crippen LogP contribution in [0.5, 0.6) is 5.75 Å². The number of hydrogen-bond donors (Lipinski definition) is 0. The van der Waals surface area contributed by atoms with Crippen molar-refractivity contribution in [3.05, 3.63) is 144 Å². The quantitative estimate of drug-likeness (QED) is 0.170.